The van der Waals surface area contributed by atoms with Crippen molar-refractivity contribution in [1.29, 1.82) is 0 Å². The summed E-state index contributed by atoms with van der Waals surface area (Å²) < 4.78 is 0. The van der Waals surface area contributed by atoms with E-state index in [4.69, 9.17) is 16.6 Å². The number of pyridine rings is 1. The standard InChI is InChI=1S/C34H29ClN2/c35-14-13-24-18-27-20-32-26(17-23-7-2-4-9-30(23)32)21-34(27)37-33(24)10-5-15-36-28-11-12-31-25(19-28)16-22-6-1-3-8-29(22)31/h1-4,6-9,11-12,18-21,36H,5,10,13-17H2. The molecule has 0 spiro atoms. The Labute approximate surface area is 223 Å². The van der Waals surface area contributed by atoms with E-state index in [1.807, 2.05) is 0 Å². The predicted octanol–water partition coefficient (Wildman–Crippen LogP) is 8.20. The third kappa shape index (κ3) is 4.10. The number of aromatic nitrogens is 1. The number of benzene rings is 4. The Morgan fingerprint density at radius 3 is 2.16 bits per heavy atom. The molecule has 1 N–H and O–H groups in total. The molecule has 2 nitrogen and oxygen atoms in total. The van der Waals surface area contributed by atoms with E-state index in [1.165, 1.54) is 66.8 Å². The van der Waals surface area contributed by atoms with Crippen molar-refractivity contribution in [3.63, 3.8) is 0 Å². The van der Waals surface area contributed by atoms with Gasteiger partial charge in [0.1, 0.15) is 0 Å². The van der Waals surface area contributed by atoms with Crippen molar-refractivity contribution >= 4 is 28.2 Å². The fraction of sp³-hybridized carbons (Fsp3) is 0.206. The van der Waals surface area contributed by atoms with E-state index >= 15 is 0 Å². The number of rotatable bonds is 7. The molecule has 4 aromatic carbocycles. The van der Waals surface area contributed by atoms with E-state index in [0.29, 0.717) is 5.88 Å². The fourth-order valence-electron chi connectivity index (χ4n) is 6.17. The number of hydrogen-bond donors (Lipinski definition) is 1. The summed E-state index contributed by atoms with van der Waals surface area (Å²) in [6.45, 7) is 0.922. The summed E-state index contributed by atoms with van der Waals surface area (Å²) >= 11 is 6.20. The lowest BCUT2D eigenvalue weighted by Gasteiger charge is -2.13. The molecule has 2 aliphatic carbocycles. The van der Waals surface area contributed by atoms with Gasteiger partial charge in [-0.2, -0.15) is 0 Å². The second kappa shape index (κ2) is 9.36. The van der Waals surface area contributed by atoms with E-state index in [2.05, 4.69) is 90.2 Å². The molecule has 1 aromatic heterocycles. The lowest BCUT2D eigenvalue weighted by Crippen LogP contribution is -2.06. The first-order valence-corrected chi connectivity index (χ1v) is 13.8. The summed E-state index contributed by atoms with van der Waals surface area (Å²) in [5, 5.41) is 4.87. The van der Waals surface area contributed by atoms with Crippen molar-refractivity contribution in [3.8, 4) is 22.3 Å². The average Bonchev–Trinajstić information content (AvgIpc) is 3.47. The Bertz CT molecular complexity index is 1650. The van der Waals surface area contributed by atoms with E-state index in [9.17, 15) is 0 Å². The SMILES string of the molecule is ClCCc1cc2cc3c(cc2nc1CCCNc1ccc2c(c1)Cc1ccccc1-2)Cc1ccccc1-3. The number of hydrogen-bond acceptors (Lipinski definition) is 2. The number of alkyl halides is 1. The van der Waals surface area contributed by atoms with Crippen molar-refractivity contribution in [1.82, 2.24) is 4.98 Å². The molecule has 0 fully saturated rings. The molecule has 0 bridgehead atoms. The summed E-state index contributed by atoms with van der Waals surface area (Å²) in [6, 6.07) is 31.2. The van der Waals surface area contributed by atoms with Gasteiger partial charge in [-0.05, 0) is 113 Å². The Morgan fingerprint density at radius 1 is 0.676 bits per heavy atom. The molecule has 0 saturated carbocycles. The Kier molecular flexibility index (Phi) is 5.71. The highest BCUT2D eigenvalue weighted by molar-refractivity contribution is 6.18. The lowest BCUT2D eigenvalue weighted by molar-refractivity contribution is 0.825. The molecular weight excluding hydrogens is 472 g/mol. The predicted molar refractivity (Wildman–Crippen MR) is 156 cm³/mol. The van der Waals surface area contributed by atoms with Crippen LogP contribution in [-0.4, -0.2) is 17.4 Å². The van der Waals surface area contributed by atoms with Crippen LogP contribution in [0.15, 0.2) is 84.9 Å². The van der Waals surface area contributed by atoms with Crippen molar-refractivity contribution in [2.75, 3.05) is 17.7 Å². The molecule has 0 saturated heterocycles. The maximum absolute atomic E-state index is 6.20. The molecule has 2 aliphatic rings. The minimum atomic E-state index is 0.615. The van der Waals surface area contributed by atoms with Crippen LogP contribution >= 0.6 is 11.6 Å². The lowest BCUT2D eigenvalue weighted by atomic mass is 9.99. The number of nitrogens with one attached hydrogen (secondary N) is 1. The summed E-state index contributed by atoms with van der Waals surface area (Å²) in [5.41, 5.74) is 15.9. The molecular formula is C34H29ClN2. The largest absolute Gasteiger partial charge is 0.385 e. The number of halogens is 1. The molecule has 1 heterocycles. The first-order chi connectivity index (χ1) is 18.3. The fourth-order valence-corrected chi connectivity index (χ4v) is 6.37. The summed E-state index contributed by atoms with van der Waals surface area (Å²) in [7, 11) is 0. The quantitative estimate of drug-likeness (QED) is 0.176. The van der Waals surface area contributed by atoms with Gasteiger partial charge < -0.3 is 5.32 Å². The van der Waals surface area contributed by atoms with Crippen LogP contribution in [0.4, 0.5) is 5.69 Å². The minimum Gasteiger partial charge on any atom is -0.385 e. The zero-order chi connectivity index (χ0) is 24.8. The smallest absolute Gasteiger partial charge is 0.0708 e. The molecule has 0 radical (unpaired) electrons. The van der Waals surface area contributed by atoms with Gasteiger partial charge >= 0.3 is 0 Å². The van der Waals surface area contributed by atoms with Gasteiger partial charge in [0.2, 0.25) is 0 Å². The van der Waals surface area contributed by atoms with Crippen LogP contribution in [0, 0.1) is 0 Å². The van der Waals surface area contributed by atoms with Crippen molar-refractivity contribution in [2.24, 2.45) is 0 Å². The molecule has 5 aromatic rings. The summed E-state index contributed by atoms with van der Waals surface area (Å²) in [6.07, 6.45) is 4.85. The Morgan fingerprint density at radius 2 is 1.38 bits per heavy atom. The maximum atomic E-state index is 6.20. The van der Waals surface area contributed by atoms with Gasteiger partial charge in [-0.1, -0.05) is 54.6 Å². The first-order valence-electron chi connectivity index (χ1n) is 13.3. The number of fused-ring (bicyclic) bond motifs is 7. The van der Waals surface area contributed by atoms with E-state index in [0.717, 1.165) is 44.2 Å². The number of nitrogens with zero attached hydrogens (tertiary/aromatic N) is 1. The molecule has 0 atom stereocenters. The summed E-state index contributed by atoms with van der Waals surface area (Å²) in [4.78, 5) is 5.16. The molecule has 0 aliphatic heterocycles. The van der Waals surface area contributed by atoms with Crippen LogP contribution in [-0.2, 0) is 25.7 Å². The van der Waals surface area contributed by atoms with E-state index < -0.39 is 0 Å². The highest BCUT2D eigenvalue weighted by Crippen LogP contribution is 2.39. The van der Waals surface area contributed by atoms with Crippen LogP contribution < -0.4 is 5.32 Å². The van der Waals surface area contributed by atoms with Crippen LogP contribution in [0.1, 0.15) is 39.9 Å². The molecule has 0 amide bonds. The molecule has 3 heteroatoms. The number of aryl methyl sites for hydroxylation is 2. The van der Waals surface area contributed by atoms with Crippen molar-refractivity contribution in [2.45, 2.75) is 32.1 Å². The monoisotopic (exact) mass is 500 g/mol. The van der Waals surface area contributed by atoms with Crippen molar-refractivity contribution < 1.29 is 0 Å². The highest BCUT2D eigenvalue weighted by Gasteiger charge is 2.20. The maximum Gasteiger partial charge on any atom is 0.0708 e. The van der Waals surface area contributed by atoms with Crippen LogP contribution in [0.5, 0.6) is 0 Å². The zero-order valence-corrected chi connectivity index (χ0v) is 21.6. The highest BCUT2D eigenvalue weighted by atomic mass is 35.5. The van der Waals surface area contributed by atoms with Gasteiger partial charge in [-0.15, -0.1) is 11.6 Å². The van der Waals surface area contributed by atoms with Gasteiger partial charge in [0.25, 0.3) is 0 Å². The Hall–Kier alpha value is -3.62. The Balaban J connectivity index is 1.07. The molecule has 7 rings (SSSR count). The number of anilines is 1. The normalized spacial score (nSPS) is 12.8. The topological polar surface area (TPSA) is 24.9 Å². The second-order valence-corrected chi connectivity index (χ2v) is 10.7. The average molecular weight is 501 g/mol. The van der Waals surface area contributed by atoms with Crippen LogP contribution in [0.3, 0.4) is 0 Å². The van der Waals surface area contributed by atoms with Gasteiger partial charge in [-0.3, -0.25) is 4.98 Å². The molecule has 37 heavy (non-hydrogen) atoms. The third-order valence-corrected chi connectivity index (χ3v) is 8.16. The zero-order valence-electron chi connectivity index (χ0n) is 20.9. The second-order valence-electron chi connectivity index (χ2n) is 10.3. The van der Waals surface area contributed by atoms with Crippen LogP contribution in [0.2, 0.25) is 0 Å². The summed E-state index contributed by atoms with van der Waals surface area (Å²) in [5.74, 6) is 0.615. The first kappa shape index (κ1) is 22.6. The van der Waals surface area contributed by atoms with E-state index in [1.54, 1.807) is 0 Å². The van der Waals surface area contributed by atoms with Gasteiger partial charge in [0.05, 0.1) is 5.52 Å². The molecule has 182 valence electrons. The van der Waals surface area contributed by atoms with E-state index in [-0.39, 0.29) is 0 Å². The van der Waals surface area contributed by atoms with Crippen LogP contribution in [0.25, 0.3) is 33.2 Å². The van der Waals surface area contributed by atoms with Gasteiger partial charge in [-0.25, -0.2) is 0 Å². The van der Waals surface area contributed by atoms with Gasteiger partial charge in [0.15, 0.2) is 0 Å². The van der Waals surface area contributed by atoms with Gasteiger partial charge in [0, 0.05) is 29.2 Å². The molecule has 0 unspecified atom stereocenters. The van der Waals surface area contributed by atoms with Crippen molar-refractivity contribution in [3.05, 3.63) is 118 Å². The minimum absolute atomic E-state index is 0.615. The third-order valence-electron chi connectivity index (χ3n) is 7.97.